The predicted molar refractivity (Wildman–Crippen MR) is 112 cm³/mol. The Labute approximate surface area is 168 Å². The van der Waals surface area contributed by atoms with E-state index in [0.717, 1.165) is 31.3 Å². The average Bonchev–Trinajstić information content (AvgIpc) is 3.16. The molecule has 0 saturated carbocycles. The molecule has 2 aromatic rings. The van der Waals surface area contributed by atoms with Gasteiger partial charge in [-0.05, 0) is 31.4 Å². The molecule has 1 saturated heterocycles. The number of carbonyl (C=O) groups excluding carboxylic acids is 1. The first kappa shape index (κ1) is 20.2. The van der Waals surface area contributed by atoms with Crippen molar-refractivity contribution in [2.75, 3.05) is 23.3 Å². The van der Waals surface area contributed by atoms with Crippen LogP contribution in [0.1, 0.15) is 35.8 Å². The zero-order valence-corrected chi connectivity index (χ0v) is 16.8. The monoisotopic (exact) mass is 401 g/mol. The molecule has 2 aromatic heterocycles. The van der Waals surface area contributed by atoms with E-state index in [1.54, 1.807) is 24.7 Å². The van der Waals surface area contributed by atoms with E-state index in [0.29, 0.717) is 22.2 Å². The summed E-state index contributed by atoms with van der Waals surface area (Å²) in [6.07, 6.45) is 5.43. The highest BCUT2D eigenvalue weighted by Gasteiger charge is 2.24. The first-order valence-electron chi connectivity index (χ1n) is 9.09. The molecular weight excluding hydrogens is 377 g/mol. The third kappa shape index (κ3) is 4.45. The lowest BCUT2D eigenvalue weighted by molar-refractivity contribution is 0.102. The van der Waals surface area contributed by atoms with Gasteiger partial charge in [-0.1, -0.05) is 13.5 Å². The van der Waals surface area contributed by atoms with Crippen molar-refractivity contribution < 1.29 is 9.18 Å². The van der Waals surface area contributed by atoms with Crippen molar-refractivity contribution in [3.63, 3.8) is 0 Å². The number of nitrogens with zero attached hydrogens (tertiary/aromatic N) is 3. The van der Waals surface area contributed by atoms with Crippen LogP contribution in [0.25, 0.3) is 5.57 Å². The van der Waals surface area contributed by atoms with Gasteiger partial charge >= 0.3 is 0 Å². The Balaban J connectivity index is 1.80. The minimum Gasteiger partial charge on any atom is -0.368 e. The Morgan fingerprint density at radius 1 is 1.50 bits per heavy atom. The van der Waals surface area contributed by atoms with Crippen LogP contribution in [-0.2, 0) is 0 Å². The Hall–Kier alpha value is -2.58. The van der Waals surface area contributed by atoms with Crippen molar-refractivity contribution in [3.8, 4) is 0 Å². The SMILES string of the molecule is C=CC(F)=C(C)c1nc(C(=O)Nc2cnccc2N2CC(C)CC(N)C2)cs1. The van der Waals surface area contributed by atoms with Crippen molar-refractivity contribution in [3.05, 3.63) is 53.0 Å². The molecule has 0 aromatic carbocycles. The standard InChI is InChI=1S/C20H24FN5OS/c1-4-15(21)13(3)20-25-17(11-28-20)19(27)24-16-8-23-6-5-18(16)26-9-12(2)7-14(22)10-26/h4-6,8,11-12,14H,1,7,9-10,22H2,2-3H3,(H,24,27). The average molecular weight is 402 g/mol. The molecule has 3 N–H and O–H groups in total. The van der Waals surface area contributed by atoms with E-state index >= 15 is 0 Å². The molecule has 0 aliphatic carbocycles. The maximum absolute atomic E-state index is 13.7. The Kier molecular flexibility index (Phi) is 6.21. The molecule has 0 bridgehead atoms. The molecule has 8 heteroatoms. The fourth-order valence-corrected chi connectivity index (χ4v) is 4.16. The summed E-state index contributed by atoms with van der Waals surface area (Å²) >= 11 is 1.21. The van der Waals surface area contributed by atoms with Crippen LogP contribution in [0.15, 0.2) is 42.3 Å². The number of rotatable bonds is 5. The topological polar surface area (TPSA) is 84.1 Å². The number of piperidine rings is 1. The van der Waals surface area contributed by atoms with E-state index in [9.17, 15) is 9.18 Å². The maximum atomic E-state index is 13.7. The summed E-state index contributed by atoms with van der Waals surface area (Å²) in [7, 11) is 0. The third-order valence-corrected chi connectivity index (χ3v) is 5.64. The van der Waals surface area contributed by atoms with Crippen LogP contribution in [0.2, 0.25) is 0 Å². The summed E-state index contributed by atoms with van der Waals surface area (Å²) in [6.45, 7) is 8.78. The van der Waals surface area contributed by atoms with Gasteiger partial charge in [-0.3, -0.25) is 9.78 Å². The van der Waals surface area contributed by atoms with Crippen molar-refractivity contribution in [2.24, 2.45) is 11.7 Å². The predicted octanol–water partition coefficient (Wildman–Crippen LogP) is 3.85. The fourth-order valence-electron chi connectivity index (χ4n) is 3.35. The Morgan fingerprint density at radius 3 is 3.00 bits per heavy atom. The Bertz CT molecular complexity index is 900. The van der Waals surface area contributed by atoms with Crippen LogP contribution in [0, 0.1) is 5.92 Å². The van der Waals surface area contributed by atoms with Gasteiger partial charge in [0.1, 0.15) is 16.5 Å². The molecule has 148 valence electrons. The molecule has 2 unspecified atom stereocenters. The summed E-state index contributed by atoms with van der Waals surface area (Å²) in [4.78, 5) is 23.2. The number of aromatic nitrogens is 2. The van der Waals surface area contributed by atoms with E-state index in [-0.39, 0.29) is 17.6 Å². The van der Waals surface area contributed by atoms with Gasteiger partial charge in [0.05, 0.1) is 17.6 Å². The van der Waals surface area contributed by atoms with Gasteiger partial charge in [0, 0.05) is 36.3 Å². The second kappa shape index (κ2) is 8.62. The molecule has 0 radical (unpaired) electrons. The maximum Gasteiger partial charge on any atom is 0.275 e. The zero-order chi connectivity index (χ0) is 20.3. The summed E-state index contributed by atoms with van der Waals surface area (Å²) < 4.78 is 13.7. The molecule has 2 atom stereocenters. The second-order valence-electron chi connectivity index (χ2n) is 7.07. The van der Waals surface area contributed by atoms with Crippen molar-refractivity contribution in [1.29, 1.82) is 0 Å². The first-order valence-corrected chi connectivity index (χ1v) is 9.97. The van der Waals surface area contributed by atoms with E-state index < -0.39 is 5.83 Å². The normalized spacial score (nSPS) is 20.5. The van der Waals surface area contributed by atoms with E-state index in [1.807, 2.05) is 6.07 Å². The minimum absolute atomic E-state index is 0.0936. The molecule has 1 fully saturated rings. The molecule has 1 aliphatic heterocycles. The van der Waals surface area contributed by atoms with Crippen LogP contribution in [0.5, 0.6) is 0 Å². The molecule has 0 spiro atoms. The number of nitrogens with one attached hydrogen (secondary N) is 1. The molecule has 3 heterocycles. The lowest BCUT2D eigenvalue weighted by Gasteiger charge is -2.37. The van der Waals surface area contributed by atoms with Gasteiger partial charge in [-0.25, -0.2) is 9.37 Å². The van der Waals surface area contributed by atoms with Crippen molar-refractivity contribution >= 4 is 34.2 Å². The summed E-state index contributed by atoms with van der Waals surface area (Å²) in [6, 6.07) is 1.97. The molecule has 28 heavy (non-hydrogen) atoms. The number of hydrogen-bond donors (Lipinski definition) is 2. The largest absolute Gasteiger partial charge is 0.368 e. The van der Waals surface area contributed by atoms with Crippen LogP contribution in [-0.4, -0.2) is 35.0 Å². The molecule has 3 rings (SSSR count). The number of halogens is 1. The number of pyridine rings is 1. The zero-order valence-electron chi connectivity index (χ0n) is 16.0. The Morgan fingerprint density at radius 2 is 2.29 bits per heavy atom. The number of amides is 1. The first-order chi connectivity index (χ1) is 13.4. The summed E-state index contributed by atoms with van der Waals surface area (Å²) in [5, 5.41) is 4.94. The number of thiazole rings is 1. The molecular formula is C20H24FN5OS. The van der Waals surface area contributed by atoms with E-state index in [4.69, 9.17) is 5.73 Å². The number of anilines is 2. The molecule has 6 nitrogen and oxygen atoms in total. The summed E-state index contributed by atoms with van der Waals surface area (Å²) in [5.74, 6) is -0.347. The number of hydrogen-bond acceptors (Lipinski definition) is 6. The van der Waals surface area contributed by atoms with Gasteiger partial charge in [0.25, 0.3) is 5.91 Å². The quantitative estimate of drug-likeness (QED) is 0.744. The lowest BCUT2D eigenvalue weighted by Crippen LogP contribution is -2.46. The van der Waals surface area contributed by atoms with Gasteiger partial charge in [-0.15, -0.1) is 11.3 Å². The van der Waals surface area contributed by atoms with Crippen molar-refractivity contribution in [1.82, 2.24) is 9.97 Å². The third-order valence-electron chi connectivity index (χ3n) is 4.67. The number of nitrogens with two attached hydrogens (primary N) is 1. The summed E-state index contributed by atoms with van der Waals surface area (Å²) in [5.41, 5.74) is 8.25. The van der Waals surface area contributed by atoms with Crippen LogP contribution < -0.4 is 16.0 Å². The van der Waals surface area contributed by atoms with Crippen molar-refractivity contribution in [2.45, 2.75) is 26.3 Å². The minimum atomic E-state index is -0.452. The van der Waals surface area contributed by atoms with Crippen LogP contribution in [0.4, 0.5) is 15.8 Å². The smallest absolute Gasteiger partial charge is 0.275 e. The van der Waals surface area contributed by atoms with E-state index in [1.165, 1.54) is 11.3 Å². The van der Waals surface area contributed by atoms with E-state index in [2.05, 4.69) is 33.7 Å². The van der Waals surface area contributed by atoms with Gasteiger partial charge in [0.2, 0.25) is 0 Å². The highest BCUT2D eigenvalue weighted by molar-refractivity contribution is 7.11. The molecule has 1 aliphatic rings. The highest BCUT2D eigenvalue weighted by atomic mass is 32.1. The second-order valence-corrected chi connectivity index (χ2v) is 7.93. The highest BCUT2D eigenvalue weighted by Crippen LogP contribution is 2.30. The van der Waals surface area contributed by atoms with Gasteiger partial charge in [0.15, 0.2) is 0 Å². The van der Waals surface area contributed by atoms with Gasteiger partial charge in [-0.2, -0.15) is 0 Å². The van der Waals surface area contributed by atoms with Crippen LogP contribution >= 0.6 is 11.3 Å². The molecule has 1 amide bonds. The van der Waals surface area contributed by atoms with Crippen LogP contribution in [0.3, 0.4) is 0 Å². The lowest BCUT2D eigenvalue weighted by atomic mass is 9.96. The van der Waals surface area contributed by atoms with Gasteiger partial charge < -0.3 is 16.0 Å². The fraction of sp³-hybridized carbons (Fsp3) is 0.350. The number of allylic oxidation sites excluding steroid dienone is 3. The number of carbonyl (C=O) groups is 1.